The molecule has 3 aliphatic heterocycles. The minimum atomic E-state index is -3.93. The lowest BCUT2D eigenvalue weighted by atomic mass is 9.52. The number of aliphatic hydroxyl groups is 1. The summed E-state index contributed by atoms with van der Waals surface area (Å²) >= 11 is 1.16. The summed E-state index contributed by atoms with van der Waals surface area (Å²) in [7, 11) is -3.93. The summed E-state index contributed by atoms with van der Waals surface area (Å²) in [5.41, 5.74) is 2.48. The van der Waals surface area contributed by atoms with E-state index in [1.165, 1.54) is 61.1 Å². The largest absolute Gasteiger partial charge is 0.477 e. The van der Waals surface area contributed by atoms with Gasteiger partial charge in [-0.15, -0.1) is 0 Å². The highest BCUT2D eigenvalue weighted by molar-refractivity contribution is 8.04. The van der Waals surface area contributed by atoms with Crippen LogP contribution in [0, 0.1) is 16.7 Å². The number of nitrogens with zero attached hydrogens (tertiary/aromatic N) is 2. The van der Waals surface area contributed by atoms with Gasteiger partial charge >= 0.3 is 5.97 Å². The third-order valence-electron chi connectivity index (χ3n) is 11.0. The monoisotopic (exact) mass is 596 g/mol. The maximum atomic E-state index is 13.8. The number of hydrogen-bond acceptors (Lipinski definition) is 6. The predicted octanol–water partition coefficient (Wildman–Crippen LogP) is 5.24. The fraction of sp³-hybridized carbons (Fsp3) is 0.548. The molecule has 1 saturated heterocycles. The molecule has 8 rings (SSSR count). The molecular formula is C31H36N2O6S2. The van der Waals surface area contributed by atoms with Crippen LogP contribution >= 0.6 is 11.8 Å². The minimum Gasteiger partial charge on any atom is -0.477 e. The van der Waals surface area contributed by atoms with E-state index in [0.717, 1.165) is 35.6 Å². The number of thioether (sulfide) groups is 1. The van der Waals surface area contributed by atoms with E-state index in [4.69, 9.17) is 0 Å². The van der Waals surface area contributed by atoms with Crippen molar-refractivity contribution >= 4 is 50.1 Å². The van der Waals surface area contributed by atoms with E-state index in [9.17, 15) is 28.2 Å². The Labute approximate surface area is 244 Å². The maximum Gasteiger partial charge on any atom is 0.353 e. The standard InChI is InChI=1S/C31H36N2O6S2/c1-3-30-11-14-31(15-12-30,16-13-30)10-9-19-7-8-23-25-20(19)5-4-6-21(25)32(41(23,38)39)17-22-26(29(36)37)33-27(35)24(18(2)34)28(33)40-22/h4-8,18,24,28,34H,3,9-17H2,1-2H3,(H,36,37). The number of aryl methyl sites for hydroxylation is 1. The van der Waals surface area contributed by atoms with Crippen LogP contribution < -0.4 is 4.31 Å². The van der Waals surface area contributed by atoms with Crippen molar-refractivity contribution in [2.24, 2.45) is 16.7 Å². The molecule has 6 aliphatic rings. The second-order valence-corrected chi connectivity index (χ2v) is 15.9. The normalized spacial score (nSPS) is 32.0. The highest BCUT2D eigenvalue weighted by Crippen LogP contribution is 2.60. The number of β-lactam (4-membered cyclic amide) rings is 1. The average molecular weight is 597 g/mol. The first-order valence-electron chi connectivity index (χ1n) is 14.7. The van der Waals surface area contributed by atoms with Gasteiger partial charge in [0.25, 0.3) is 10.0 Å². The molecule has 4 fully saturated rings. The molecule has 0 aromatic heterocycles. The van der Waals surface area contributed by atoms with Crippen LogP contribution in [-0.4, -0.2) is 53.4 Å². The Morgan fingerprint density at radius 1 is 1.10 bits per heavy atom. The number of benzene rings is 2. The van der Waals surface area contributed by atoms with Gasteiger partial charge in [0.05, 0.1) is 29.1 Å². The number of hydrogen-bond donors (Lipinski definition) is 2. The Hall–Kier alpha value is -2.56. The van der Waals surface area contributed by atoms with E-state index in [1.54, 1.807) is 12.1 Å². The van der Waals surface area contributed by atoms with E-state index < -0.39 is 39.3 Å². The Kier molecular flexibility index (Phi) is 6.13. The van der Waals surface area contributed by atoms with Crippen molar-refractivity contribution in [1.82, 2.24) is 4.90 Å². The molecule has 218 valence electrons. The number of fused-ring (bicyclic) bond motifs is 4. The molecule has 0 spiro atoms. The van der Waals surface area contributed by atoms with Crippen LogP contribution in [0.2, 0.25) is 0 Å². The first kappa shape index (κ1) is 27.3. The van der Waals surface area contributed by atoms with Crippen molar-refractivity contribution in [2.75, 3.05) is 10.8 Å². The zero-order valence-corrected chi connectivity index (χ0v) is 25.1. The molecule has 0 radical (unpaired) electrons. The number of sulfonamides is 1. The molecule has 3 heterocycles. The minimum absolute atomic E-state index is 0.174. The summed E-state index contributed by atoms with van der Waals surface area (Å²) < 4.78 is 29.0. The van der Waals surface area contributed by atoms with Gasteiger partial charge in [-0.2, -0.15) is 0 Å². The fourth-order valence-electron chi connectivity index (χ4n) is 8.22. The molecule has 2 N–H and O–H groups in total. The lowest BCUT2D eigenvalue weighted by Gasteiger charge is -2.53. The van der Waals surface area contributed by atoms with Crippen LogP contribution in [-0.2, 0) is 26.0 Å². The van der Waals surface area contributed by atoms with Crippen molar-refractivity contribution in [3.63, 3.8) is 0 Å². The predicted molar refractivity (Wildman–Crippen MR) is 158 cm³/mol. The van der Waals surface area contributed by atoms with Crippen LogP contribution in [0.3, 0.4) is 0 Å². The van der Waals surface area contributed by atoms with E-state index in [2.05, 4.69) is 6.92 Å². The van der Waals surface area contributed by atoms with Gasteiger partial charge in [-0.1, -0.05) is 43.3 Å². The number of aliphatic carboxylic acids is 1. The van der Waals surface area contributed by atoms with Gasteiger partial charge in [-0.3, -0.25) is 14.0 Å². The second-order valence-electron chi connectivity index (χ2n) is 12.8. The van der Waals surface area contributed by atoms with E-state index in [-0.39, 0.29) is 17.1 Å². The van der Waals surface area contributed by atoms with Gasteiger partial charge in [0.1, 0.15) is 11.1 Å². The van der Waals surface area contributed by atoms with Crippen LogP contribution in [0.4, 0.5) is 5.69 Å². The number of anilines is 1. The molecular weight excluding hydrogens is 560 g/mol. The summed E-state index contributed by atoms with van der Waals surface area (Å²) in [5.74, 6) is -2.43. The number of carboxylic acids is 1. The first-order valence-corrected chi connectivity index (χ1v) is 17.0. The van der Waals surface area contributed by atoms with E-state index in [0.29, 0.717) is 26.8 Å². The van der Waals surface area contributed by atoms with E-state index in [1.807, 2.05) is 18.2 Å². The molecule has 3 saturated carbocycles. The smallest absolute Gasteiger partial charge is 0.353 e. The first-order chi connectivity index (χ1) is 19.5. The Morgan fingerprint density at radius 3 is 2.41 bits per heavy atom. The second kappa shape index (κ2) is 9.22. The molecule has 3 atom stereocenters. The van der Waals surface area contributed by atoms with Gasteiger partial charge in [0, 0.05) is 10.3 Å². The van der Waals surface area contributed by atoms with Gasteiger partial charge in [-0.25, -0.2) is 13.2 Å². The van der Waals surface area contributed by atoms with Crippen molar-refractivity contribution in [1.29, 1.82) is 0 Å². The third-order valence-corrected chi connectivity index (χ3v) is 14.2. The lowest BCUT2D eigenvalue weighted by molar-refractivity contribution is -0.156. The zero-order valence-electron chi connectivity index (χ0n) is 23.4. The molecule has 2 bridgehead atoms. The van der Waals surface area contributed by atoms with Gasteiger partial charge in [-0.05, 0) is 92.2 Å². The maximum absolute atomic E-state index is 13.8. The molecule has 3 aliphatic carbocycles. The van der Waals surface area contributed by atoms with E-state index >= 15 is 0 Å². The Balaban J connectivity index is 1.19. The number of carbonyl (C=O) groups is 2. The Morgan fingerprint density at radius 2 is 1.78 bits per heavy atom. The fourth-order valence-corrected chi connectivity index (χ4v) is 11.6. The van der Waals surface area contributed by atoms with Crippen molar-refractivity contribution in [2.45, 2.75) is 88.0 Å². The summed E-state index contributed by atoms with van der Waals surface area (Å²) in [6.45, 7) is 3.67. The van der Waals surface area contributed by atoms with Crippen molar-refractivity contribution < 1.29 is 28.2 Å². The highest BCUT2D eigenvalue weighted by atomic mass is 32.2. The summed E-state index contributed by atoms with van der Waals surface area (Å²) in [6.07, 6.45) is 10.2. The topological polar surface area (TPSA) is 115 Å². The summed E-state index contributed by atoms with van der Waals surface area (Å²) in [4.78, 5) is 26.6. The van der Waals surface area contributed by atoms with Crippen LogP contribution in [0.5, 0.6) is 0 Å². The number of rotatable bonds is 8. The molecule has 2 aromatic rings. The number of amides is 1. The molecule has 8 nitrogen and oxygen atoms in total. The van der Waals surface area contributed by atoms with Crippen LogP contribution in [0.1, 0.15) is 70.8 Å². The molecule has 10 heteroatoms. The Bertz CT molecular complexity index is 1610. The van der Waals surface area contributed by atoms with Gasteiger partial charge in [0.2, 0.25) is 5.91 Å². The number of carboxylic acid groups (broad SMARTS) is 1. The number of carbonyl (C=O) groups excluding carboxylic acids is 1. The quantitative estimate of drug-likeness (QED) is 0.401. The third kappa shape index (κ3) is 3.86. The zero-order chi connectivity index (χ0) is 28.9. The van der Waals surface area contributed by atoms with Crippen molar-refractivity contribution in [3.8, 4) is 0 Å². The van der Waals surface area contributed by atoms with Crippen LogP contribution in [0.25, 0.3) is 10.8 Å². The summed E-state index contributed by atoms with van der Waals surface area (Å²) in [5, 5.41) is 21.1. The summed E-state index contributed by atoms with van der Waals surface area (Å²) in [6, 6.07) is 9.34. The SMILES string of the molecule is CCC12CCC(CCc3ccc4c5c(cccc35)N(CC3=C(C(=O)O)N5C(=O)C(C(C)O)C5S3)S4(=O)=O)(CC1)CC2. The number of aliphatic hydroxyl groups excluding tert-OH is 1. The molecule has 41 heavy (non-hydrogen) atoms. The van der Waals surface area contributed by atoms with Crippen LogP contribution in [0.15, 0.2) is 45.8 Å². The molecule has 1 amide bonds. The molecule has 3 unspecified atom stereocenters. The molecule has 2 aromatic carbocycles. The van der Waals surface area contributed by atoms with Gasteiger partial charge < -0.3 is 10.2 Å². The van der Waals surface area contributed by atoms with Gasteiger partial charge in [0.15, 0.2) is 0 Å². The highest BCUT2D eigenvalue weighted by Gasteiger charge is 2.58. The average Bonchev–Trinajstić information content (AvgIpc) is 3.39. The lowest BCUT2D eigenvalue weighted by Crippen LogP contribution is -2.60. The van der Waals surface area contributed by atoms with Crippen molar-refractivity contribution in [3.05, 3.63) is 46.5 Å².